The number of hydrogen-bond acceptors (Lipinski definition) is 8. The number of amides is 1. The Morgan fingerprint density at radius 3 is 2.26 bits per heavy atom. The van der Waals surface area contributed by atoms with Crippen molar-refractivity contribution in [2.24, 2.45) is 5.10 Å². The van der Waals surface area contributed by atoms with Crippen LogP contribution in [0.1, 0.15) is 12.5 Å². The Labute approximate surface area is 229 Å². The van der Waals surface area contributed by atoms with Crippen LogP contribution in [0.15, 0.2) is 77.0 Å². The molecule has 0 saturated carbocycles. The second kappa shape index (κ2) is 12.5. The summed E-state index contributed by atoms with van der Waals surface area (Å²) < 4.78 is 18.4. The molecule has 0 unspecified atom stereocenters. The number of hydrazone groups is 1. The highest BCUT2D eigenvalue weighted by molar-refractivity contribution is 7.99. The molecule has 0 atom stereocenters. The van der Waals surface area contributed by atoms with Crippen molar-refractivity contribution in [1.82, 2.24) is 20.2 Å². The zero-order valence-electron chi connectivity index (χ0n) is 21.3. The number of nitrogens with one attached hydrogen (secondary N) is 1. The minimum absolute atomic E-state index is 0.0690. The highest BCUT2D eigenvalue weighted by Crippen LogP contribution is 2.41. The molecule has 38 heavy (non-hydrogen) atoms. The van der Waals surface area contributed by atoms with Gasteiger partial charge in [-0.15, -0.1) is 10.2 Å². The molecule has 0 spiro atoms. The number of carbonyl (C=O) groups is 1. The van der Waals surface area contributed by atoms with Gasteiger partial charge in [-0.2, -0.15) is 5.10 Å². The van der Waals surface area contributed by atoms with E-state index in [4.69, 9.17) is 25.8 Å². The van der Waals surface area contributed by atoms with E-state index in [9.17, 15) is 4.79 Å². The van der Waals surface area contributed by atoms with Crippen LogP contribution >= 0.6 is 23.4 Å². The maximum Gasteiger partial charge on any atom is 0.250 e. The van der Waals surface area contributed by atoms with Gasteiger partial charge in [0.2, 0.25) is 5.75 Å². The Kier molecular flexibility index (Phi) is 8.88. The average molecular weight is 552 g/mol. The van der Waals surface area contributed by atoms with Gasteiger partial charge in [-0.25, -0.2) is 5.43 Å². The van der Waals surface area contributed by atoms with Crippen LogP contribution < -0.4 is 19.6 Å². The van der Waals surface area contributed by atoms with Crippen molar-refractivity contribution in [2.75, 3.05) is 27.1 Å². The van der Waals surface area contributed by atoms with Crippen molar-refractivity contribution in [3.63, 3.8) is 0 Å². The number of thioether (sulfide) groups is 1. The Balaban J connectivity index is 1.61. The fourth-order valence-electron chi connectivity index (χ4n) is 3.69. The third kappa shape index (κ3) is 5.92. The smallest absolute Gasteiger partial charge is 0.250 e. The molecule has 0 radical (unpaired) electrons. The predicted molar refractivity (Wildman–Crippen MR) is 149 cm³/mol. The molecular weight excluding hydrogens is 526 g/mol. The third-order valence-electron chi connectivity index (χ3n) is 5.51. The monoisotopic (exact) mass is 551 g/mol. The quantitative estimate of drug-likeness (QED) is 0.163. The number of carbonyl (C=O) groups excluding carboxylic acids is 1. The molecule has 0 fully saturated rings. The Morgan fingerprint density at radius 2 is 1.63 bits per heavy atom. The lowest BCUT2D eigenvalue weighted by atomic mass is 10.1. The lowest BCUT2D eigenvalue weighted by Crippen LogP contribution is -2.21. The third-order valence-corrected chi connectivity index (χ3v) is 6.77. The molecule has 4 aromatic rings. The van der Waals surface area contributed by atoms with Crippen LogP contribution in [0, 0.1) is 0 Å². The summed E-state index contributed by atoms with van der Waals surface area (Å²) in [4.78, 5) is 12.6. The average Bonchev–Trinajstić information content (AvgIpc) is 3.38. The summed E-state index contributed by atoms with van der Waals surface area (Å²) in [6.45, 7) is 1.78. The van der Waals surface area contributed by atoms with Crippen LogP contribution in [0.4, 0.5) is 0 Å². The number of benzene rings is 3. The molecule has 3 aromatic carbocycles. The van der Waals surface area contributed by atoms with Gasteiger partial charge < -0.3 is 14.2 Å². The number of ether oxygens (including phenoxy) is 3. The molecule has 1 heterocycles. The predicted octanol–water partition coefficient (Wildman–Crippen LogP) is 5.25. The summed E-state index contributed by atoms with van der Waals surface area (Å²) in [6, 6.07) is 20.6. The van der Waals surface area contributed by atoms with Crippen molar-refractivity contribution in [2.45, 2.75) is 12.1 Å². The topological polar surface area (TPSA) is 99.9 Å². The fraction of sp³-hybridized carbons (Fsp3) is 0.185. The molecule has 0 aliphatic rings. The second-order valence-corrected chi connectivity index (χ2v) is 9.24. The van der Waals surface area contributed by atoms with E-state index >= 15 is 0 Å². The van der Waals surface area contributed by atoms with Crippen molar-refractivity contribution >= 4 is 35.0 Å². The van der Waals surface area contributed by atoms with Crippen LogP contribution in [-0.4, -0.2) is 53.5 Å². The minimum Gasteiger partial charge on any atom is -0.493 e. The van der Waals surface area contributed by atoms with Gasteiger partial charge in [-0.1, -0.05) is 59.8 Å². The largest absolute Gasteiger partial charge is 0.493 e. The fourth-order valence-corrected chi connectivity index (χ4v) is 4.71. The number of methoxy groups -OCH3 is 3. The zero-order chi connectivity index (χ0) is 27.1. The first kappa shape index (κ1) is 27.0. The van der Waals surface area contributed by atoms with Gasteiger partial charge in [0.1, 0.15) is 0 Å². The second-order valence-electron chi connectivity index (χ2n) is 7.89. The first-order chi connectivity index (χ1) is 18.5. The maximum atomic E-state index is 12.6. The first-order valence-electron chi connectivity index (χ1n) is 11.5. The molecule has 4 rings (SSSR count). The van der Waals surface area contributed by atoms with Crippen LogP contribution in [0.5, 0.6) is 17.2 Å². The van der Waals surface area contributed by atoms with Crippen LogP contribution in [0.2, 0.25) is 5.02 Å². The molecule has 0 aliphatic carbocycles. The molecular formula is C27H26ClN5O4S. The van der Waals surface area contributed by atoms with Gasteiger partial charge in [0.05, 0.1) is 32.8 Å². The first-order valence-corrected chi connectivity index (χ1v) is 12.8. The lowest BCUT2D eigenvalue weighted by molar-refractivity contribution is -0.118. The van der Waals surface area contributed by atoms with Crippen molar-refractivity contribution in [3.8, 4) is 34.3 Å². The van der Waals surface area contributed by atoms with E-state index in [1.165, 1.54) is 11.8 Å². The molecule has 0 bridgehead atoms. The standard InChI is InChI=1S/C27H26ClN5O4S/c1-17(20-12-8-9-13-21(20)28)29-30-24(34)16-38-27-32-31-26(33(27)19-10-6-5-7-11-19)18-14-22(35-2)25(37-4)23(15-18)36-3/h5-15H,16H2,1-4H3,(H,30,34)/b29-17-. The maximum absolute atomic E-state index is 12.6. The van der Waals surface area contributed by atoms with Crippen LogP contribution in [-0.2, 0) is 4.79 Å². The van der Waals surface area contributed by atoms with Gasteiger partial charge in [0, 0.05) is 21.8 Å². The highest BCUT2D eigenvalue weighted by Gasteiger charge is 2.21. The van der Waals surface area contributed by atoms with E-state index in [2.05, 4.69) is 20.7 Å². The number of hydrogen-bond donors (Lipinski definition) is 1. The van der Waals surface area contributed by atoms with Crippen LogP contribution in [0.25, 0.3) is 17.1 Å². The number of nitrogens with zero attached hydrogens (tertiary/aromatic N) is 4. The molecule has 11 heteroatoms. The summed E-state index contributed by atoms with van der Waals surface area (Å²) >= 11 is 7.46. The number of aromatic nitrogens is 3. The van der Waals surface area contributed by atoms with E-state index in [1.807, 2.05) is 53.1 Å². The molecule has 0 saturated heterocycles. The van der Waals surface area contributed by atoms with E-state index in [0.717, 1.165) is 11.3 Å². The molecule has 1 amide bonds. The molecule has 196 valence electrons. The summed E-state index contributed by atoms with van der Waals surface area (Å²) in [7, 11) is 4.66. The summed E-state index contributed by atoms with van der Waals surface area (Å²) in [6.07, 6.45) is 0. The van der Waals surface area contributed by atoms with Crippen LogP contribution in [0.3, 0.4) is 0 Å². The Hall–Kier alpha value is -4.02. The van der Waals surface area contributed by atoms with Gasteiger partial charge in [0.15, 0.2) is 22.5 Å². The number of para-hydroxylation sites is 1. The Bertz CT molecular complexity index is 1430. The van der Waals surface area contributed by atoms with Crippen molar-refractivity contribution < 1.29 is 19.0 Å². The van der Waals surface area contributed by atoms with E-state index in [-0.39, 0.29) is 11.7 Å². The van der Waals surface area contributed by atoms with Gasteiger partial charge in [0.25, 0.3) is 5.91 Å². The summed E-state index contributed by atoms with van der Waals surface area (Å²) in [5.74, 6) is 1.78. The number of rotatable bonds is 10. The van der Waals surface area contributed by atoms with Gasteiger partial charge in [-0.05, 0) is 37.3 Å². The highest BCUT2D eigenvalue weighted by atomic mass is 35.5. The van der Waals surface area contributed by atoms with Crippen molar-refractivity contribution in [1.29, 1.82) is 0 Å². The molecule has 9 nitrogen and oxygen atoms in total. The summed E-state index contributed by atoms with van der Waals surface area (Å²) in [5, 5.41) is 14.1. The Morgan fingerprint density at radius 1 is 0.974 bits per heavy atom. The molecule has 1 N–H and O–H groups in total. The van der Waals surface area contributed by atoms with E-state index < -0.39 is 0 Å². The normalized spacial score (nSPS) is 11.2. The van der Waals surface area contributed by atoms with Gasteiger partial charge >= 0.3 is 0 Å². The summed E-state index contributed by atoms with van der Waals surface area (Å²) in [5.41, 5.74) is 5.47. The SMILES string of the molecule is COc1cc(-c2nnc(SCC(=O)N/N=C(/C)c3ccccc3Cl)n2-c2ccccc2)cc(OC)c1OC. The minimum atomic E-state index is -0.293. The zero-order valence-corrected chi connectivity index (χ0v) is 22.8. The molecule has 1 aromatic heterocycles. The number of halogens is 1. The lowest BCUT2D eigenvalue weighted by Gasteiger charge is -2.15. The van der Waals surface area contributed by atoms with E-state index in [1.54, 1.807) is 46.5 Å². The molecule has 0 aliphatic heterocycles. The van der Waals surface area contributed by atoms with Crippen molar-refractivity contribution in [3.05, 3.63) is 77.3 Å². The van der Waals surface area contributed by atoms with Gasteiger partial charge in [-0.3, -0.25) is 9.36 Å². The van der Waals surface area contributed by atoms with E-state index in [0.29, 0.717) is 44.5 Å².